The van der Waals surface area contributed by atoms with Crippen LogP contribution in [0.15, 0.2) is 17.5 Å². The Morgan fingerprint density at radius 2 is 2.32 bits per heavy atom. The zero-order valence-electron chi connectivity index (χ0n) is 12.4. The molecule has 1 heterocycles. The Hall–Kier alpha value is -0.380. The van der Waals surface area contributed by atoms with Gasteiger partial charge in [0.2, 0.25) is 0 Å². The summed E-state index contributed by atoms with van der Waals surface area (Å²) in [6.45, 7) is 7.59. The summed E-state index contributed by atoms with van der Waals surface area (Å²) in [5, 5.41) is 2.17. The number of thiophene rings is 1. The van der Waals surface area contributed by atoms with E-state index in [1.165, 1.54) is 37.0 Å². The molecule has 1 aliphatic rings. The number of nitrogens with zero attached hydrogens (tertiary/aromatic N) is 1. The second-order valence-electron chi connectivity index (χ2n) is 5.89. The monoisotopic (exact) mass is 280 g/mol. The van der Waals surface area contributed by atoms with E-state index in [0.29, 0.717) is 0 Å². The van der Waals surface area contributed by atoms with Crippen LogP contribution in [-0.4, -0.2) is 23.5 Å². The van der Waals surface area contributed by atoms with E-state index in [1.54, 1.807) is 0 Å². The Morgan fingerprint density at radius 1 is 1.47 bits per heavy atom. The lowest BCUT2D eigenvalue weighted by Crippen LogP contribution is -2.55. The van der Waals surface area contributed by atoms with Crippen molar-refractivity contribution < 1.29 is 0 Å². The highest BCUT2D eigenvalue weighted by Gasteiger charge is 2.39. The van der Waals surface area contributed by atoms with Crippen LogP contribution in [0.3, 0.4) is 0 Å². The number of likely N-dealkylation sites (N-methyl/N-ethyl adjacent to an activating group) is 1. The largest absolute Gasteiger partial charge is 0.329 e. The topological polar surface area (TPSA) is 29.3 Å². The highest BCUT2D eigenvalue weighted by Crippen LogP contribution is 2.38. The average Bonchev–Trinajstić information content (AvgIpc) is 2.97. The molecule has 1 aromatic rings. The van der Waals surface area contributed by atoms with Crippen molar-refractivity contribution in [3.8, 4) is 0 Å². The first kappa shape index (κ1) is 15.0. The van der Waals surface area contributed by atoms with Crippen LogP contribution in [-0.2, 0) is 6.54 Å². The van der Waals surface area contributed by atoms with Gasteiger partial charge in [-0.3, -0.25) is 4.90 Å². The van der Waals surface area contributed by atoms with Gasteiger partial charge in [-0.25, -0.2) is 0 Å². The molecule has 2 atom stereocenters. The molecule has 19 heavy (non-hydrogen) atoms. The van der Waals surface area contributed by atoms with E-state index < -0.39 is 0 Å². The summed E-state index contributed by atoms with van der Waals surface area (Å²) < 4.78 is 0. The molecule has 0 saturated heterocycles. The zero-order chi connectivity index (χ0) is 13.7. The third kappa shape index (κ3) is 3.39. The summed E-state index contributed by atoms with van der Waals surface area (Å²) >= 11 is 1.86. The molecule has 2 nitrogen and oxygen atoms in total. The normalized spacial score (nSPS) is 27.9. The number of rotatable bonds is 6. The van der Waals surface area contributed by atoms with Crippen LogP contribution in [0.5, 0.6) is 0 Å². The zero-order valence-corrected chi connectivity index (χ0v) is 13.2. The van der Waals surface area contributed by atoms with Gasteiger partial charge < -0.3 is 5.73 Å². The van der Waals surface area contributed by atoms with Crippen LogP contribution in [0.1, 0.15) is 50.8 Å². The predicted octanol–water partition coefficient (Wildman–Crippen LogP) is 3.87. The van der Waals surface area contributed by atoms with Crippen LogP contribution in [0, 0.1) is 5.92 Å². The fraction of sp³-hybridized carbons (Fsp3) is 0.750. The number of hydrogen-bond acceptors (Lipinski definition) is 3. The van der Waals surface area contributed by atoms with E-state index >= 15 is 0 Å². The van der Waals surface area contributed by atoms with E-state index in [1.807, 2.05) is 11.3 Å². The highest BCUT2D eigenvalue weighted by atomic mass is 32.1. The second-order valence-corrected chi connectivity index (χ2v) is 6.92. The molecule has 0 aromatic carbocycles. The third-order valence-electron chi connectivity index (χ3n) is 4.86. The van der Waals surface area contributed by atoms with Gasteiger partial charge >= 0.3 is 0 Å². The van der Waals surface area contributed by atoms with Gasteiger partial charge in [0.25, 0.3) is 0 Å². The number of hydrogen-bond donors (Lipinski definition) is 1. The van der Waals surface area contributed by atoms with Gasteiger partial charge in [-0.15, -0.1) is 11.3 Å². The fourth-order valence-electron chi connectivity index (χ4n) is 3.62. The van der Waals surface area contributed by atoms with Gasteiger partial charge in [0.15, 0.2) is 0 Å². The quantitative estimate of drug-likeness (QED) is 0.857. The maximum atomic E-state index is 6.22. The maximum absolute atomic E-state index is 6.22. The van der Waals surface area contributed by atoms with Crippen molar-refractivity contribution in [1.82, 2.24) is 4.90 Å². The van der Waals surface area contributed by atoms with Crippen LogP contribution < -0.4 is 5.73 Å². The Kier molecular flexibility index (Phi) is 5.43. The van der Waals surface area contributed by atoms with Gasteiger partial charge in [0, 0.05) is 23.5 Å². The molecular weight excluding hydrogens is 252 g/mol. The first-order valence-electron chi connectivity index (χ1n) is 7.71. The molecule has 2 N–H and O–H groups in total. The third-order valence-corrected chi connectivity index (χ3v) is 5.72. The van der Waals surface area contributed by atoms with Crippen LogP contribution in [0.2, 0.25) is 0 Å². The molecule has 3 heteroatoms. The van der Waals surface area contributed by atoms with Gasteiger partial charge in [-0.1, -0.05) is 39.2 Å². The first-order valence-corrected chi connectivity index (χ1v) is 8.59. The molecule has 108 valence electrons. The van der Waals surface area contributed by atoms with Gasteiger partial charge in [0.1, 0.15) is 0 Å². The molecule has 2 unspecified atom stereocenters. The minimum Gasteiger partial charge on any atom is -0.329 e. The van der Waals surface area contributed by atoms with Crippen molar-refractivity contribution in [2.45, 2.75) is 58.0 Å². The molecule has 0 radical (unpaired) electrons. The molecule has 0 amide bonds. The molecule has 2 rings (SSSR count). The molecule has 0 bridgehead atoms. The van der Waals surface area contributed by atoms with Crippen LogP contribution in [0.4, 0.5) is 0 Å². The Bertz CT molecular complexity index is 363. The van der Waals surface area contributed by atoms with E-state index in [9.17, 15) is 0 Å². The lowest BCUT2D eigenvalue weighted by molar-refractivity contribution is 0.0331. The Balaban J connectivity index is 2.12. The molecule has 1 fully saturated rings. The van der Waals surface area contributed by atoms with Crippen molar-refractivity contribution in [3.05, 3.63) is 22.4 Å². The summed E-state index contributed by atoms with van der Waals surface area (Å²) in [6.07, 6.45) is 6.61. The predicted molar refractivity (Wildman–Crippen MR) is 84.4 cm³/mol. The van der Waals surface area contributed by atoms with E-state index in [0.717, 1.165) is 25.6 Å². The lowest BCUT2D eigenvalue weighted by Gasteiger charge is -2.48. The van der Waals surface area contributed by atoms with E-state index in [4.69, 9.17) is 5.73 Å². The minimum absolute atomic E-state index is 0.248. The molecule has 0 aliphatic heterocycles. The van der Waals surface area contributed by atoms with Crippen LogP contribution in [0.25, 0.3) is 0 Å². The molecular formula is C16H28N2S. The van der Waals surface area contributed by atoms with Crippen molar-refractivity contribution >= 4 is 11.3 Å². The molecule has 1 aromatic heterocycles. The van der Waals surface area contributed by atoms with Crippen molar-refractivity contribution in [3.63, 3.8) is 0 Å². The average molecular weight is 280 g/mol. The summed E-state index contributed by atoms with van der Waals surface area (Å²) in [5.74, 6) is 0.870. The summed E-state index contributed by atoms with van der Waals surface area (Å²) in [6, 6.07) is 4.40. The minimum atomic E-state index is 0.248. The fourth-order valence-corrected chi connectivity index (χ4v) is 4.34. The molecule has 1 saturated carbocycles. The van der Waals surface area contributed by atoms with Gasteiger partial charge in [-0.2, -0.15) is 0 Å². The summed E-state index contributed by atoms with van der Waals surface area (Å²) in [7, 11) is 0. The van der Waals surface area contributed by atoms with Gasteiger partial charge in [0.05, 0.1) is 0 Å². The summed E-state index contributed by atoms with van der Waals surface area (Å²) in [5.41, 5.74) is 6.47. The van der Waals surface area contributed by atoms with Gasteiger partial charge in [-0.05, 0) is 36.8 Å². The van der Waals surface area contributed by atoms with Crippen molar-refractivity contribution in [2.24, 2.45) is 11.7 Å². The lowest BCUT2D eigenvalue weighted by atomic mass is 9.73. The summed E-state index contributed by atoms with van der Waals surface area (Å²) in [4.78, 5) is 4.11. The second kappa shape index (κ2) is 6.87. The SMILES string of the molecule is CCC1CCCC(CN)(N(CC)Cc2cccs2)C1. The van der Waals surface area contributed by atoms with Crippen molar-refractivity contribution in [1.29, 1.82) is 0 Å². The maximum Gasteiger partial charge on any atom is 0.0338 e. The molecule has 0 spiro atoms. The Morgan fingerprint density at radius 3 is 2.89 bits per heavy atom. The van der Waals surface area contributed by atoms with Crippen molar-refractivity contribution in [2.75, 3.05) is 13.1 Å². The molecule has 1 aliphatic carbocycles. The smallest absolute Gasteiger partial charge is 0.0338 e. The van der Waals surface area contributed by atoms with Crippen LogP contribution >= 0.6 is 11.3 Å². The highest BCUT2D eigenvalue weighted by molar-refractivity contribution is 7.09. The standard InChI is InChI=1S/C16H28N2S/c1-3-14-7-5-9-16(11-14,13-17)18(4-2)12-15-8-6-10-19-15/h6,8,10,14H,3-5,7,9,11-13,17H2,1-2H3. The number of nitrogens with two attached hydrogens (primary N) is 1. The Labute approximate surface area is 122 Å². The van der Waals surface area contributed by atoms with E-state index in [-0.39, 0.29) is 5.54 Å². The van der Waals surface area contributed by atoms with E-state index in [2.05, 4.69) is 36.3 Å². The first-order chi connectivity index (χ1) is 9.24.